The second-order valence-corrected chi connectivity index (χ2v) is 7.12. The van der Waals surface area contributed by atoms with Gasteiger partial charge in [-0.25, -0.2) is 0 Å². The van der Waals surface area contributed by atoms with Crippen molar-refractivity contribution < 1.29 is 4.55 Å². The third-order valence-electron chi connectivity index (χ3n) is 2.60. The molecule has 3 atom stereocenters. The minimum absolute atomic E-state index is 0.514. The second kappa shape index (κ2) is 6.87. The molecule has 19 heavy (non-hydrogen) atoms. The van der Waals surface area contributed by atoms with Crippen molar-refractivity contribution >= 4 is 46.0 Å². The van der Waals surface area contributed by atoms with Crippen molar-refractivity contribution in [3.05, 3.63) is 65.2 Å². The molecule has 0 aliphatic carbocycles. The molecule has 0 saturated heterocycles. The molecule has 2 aromatic rings. The molecule has 100 valence electrons. The van der Waals surface area contributed by atoms with E-state index in [-0.39, 0.29) is 0 Å². The largest absolute Gasteiger partial charge is 0.610 e. The van der Waals surface area contributed by atoms with Crippen LogP contribution in [0.1, 0.15) is 10.9 Å². The molecule has 0 heterocycles. The van der Waals surface area contributed by atoms with E-state index in [1.807, 2.05) is 30.3 Å². The molecule has 0 N–H and O–H groups in total. The number of benzene rings is 2. The monoisotopic (exact) mass is 332 g/mol. The predicted molar refractivity (Wildman–Crippen MR) is 82.5 cm³/mol. The number of alkyl halides is 2. The summed E-state index contributed by atoms with van der Waals surface area (Å²) in [6, 6.07) is 16.1. The maximum atomic E-state index is 12.3. The number of hydrogen-bond acceptors (Lipinski definition) is 1. The second-order valence-electron chi connectivity index (χ2n) is 3.91. The fourth-order valence-corrected chi connectivity index (χ4v) is 3.64. The van der Waals surface area contributed by atoms with Crippen molar-refractivity contribution in [3.8, 4) is 0 Å². The summed E-state index contributed by atoms with van der Waals surface area (Å²) in [4.78, 5) is 0.617. The van der Waals surface area contributed by atoms with Crippen LogP contribution in [0.5, 0.6) is 0 Å². The Kier molecular flexibility index (Phi) is 5.43. The predicted octanol–water partition coefficient (Wildman–Crippen LogP) is 4.99. The summed E-state index contributed by atoms with van der Waals surface area (Å²) in [5.74, 6) is 0. The molecule has 5 heteroatoms. The fraction of sp³-hybridized carbons (Fsp3) is 0.143. The first kappa shape index (κ1) is 15.0. The molecule has 0 aromatic heterocycles. The van der Waals surface area contributed by atoms with Gasteiger partial charge in [-0.1, -0.05) is 53.5 Å². The van der Waals surface area contributed by atoms with Gasteiger partial charge in [0, 0.05) is 16.2 Å². The van der Waals surface area contributed by atoms with E-state index in [0.29, 0.717) is 9.92 Å². The van der Waals surface area contributed by atoms with Crippen LogP contribution in [0.15, 0.2) is 59.5 Å². The minimum Gasteiger partial charge on any atom is -0.610 e. The van der Waals surface area contributed by atoms with E-state index in [1.165, 1.54) is 0 Å². The SMILES string of the molecule is [O-][S+](c1ccc(Cl)cc1)[C@H](Cl)[C@H](Cl)c1ccccc1. The van der Waals surface area contributed by atoms with Gasteiger partial charge >= 0.3 is 0 Å². The summed E-state index contributed by atoms with van der Waals surface area (Å²) < 4.78 is 11.6. The maximum Gasteiger partial charge on any atom is 0.214 e. The molecule has 1 nitrogen and oxygen atoms in total. The quantitative estimate of drug-likeness (QED) is 0.571. The zero-order valence-corrected chi connectivity index (χ0v) is 12.9. The van der Waals surface area contributed by atoms with Crippen LogP contribution in [0.3, 0.4) is 0 Å². The highest BCUT2D eigenvalue weighted by atomic mass is 35.5. The van der Waals surface area contributed by atoms with Gasteiger partial charge in [0.1, 0.15) is 5.38 Å². The number of halogens is 3. The van der Waals surface area contributed by atoms with E-state index >= 15 is 0 Å². The summed E-state index contributed by atoms with van der Waals surface area (Å²) in [7, 11) is 0. The van der Waals surface area contributed by atoms with E-state index in [0.717, 1.165) is 5.56 Å². The molecule has 0 bridgehead atoms. The smallest absolute Gasteiger partial charge is 0.214 e. The molecule has 2 aromatic carbocycles. The normalized spacial score (nSPS) is 15.8. The third kappa shape index (κ3) is 3.80. The lowest BCUT2D eigenvalue weighted by Gasteiger charge is -2.20. The maximum absolute atomic E-state index is 12.3. The average molecular weight is 334 g/mol. The van der Waals surface area contributed by atoms with Crippen LogP contribution in [-0.2, 0) is 11.2 Å². The molecule has 0 saturated carbocycles. The molecule has 0 radical (unpaired) electrons. The molecule has 0 amide bonds. The van der Waals surface area contributed by atoms with Crippen LogP contribution in [0.25, 0.3) is 0 Å². The van der Waals surface area contributed by atoms with Gasteiger partial charge in [-0.2, -0.15) is 0 Å². The summed E-state index contributed by atoms with van der Waals surface area (Å²) in [6.45, 7) is 0. The van der Waals surface area contributed by atoms with Gasteiger partial charge in [0.2, 0.25) is 4.71 Å². The molecule has 0 spiro atoms. The zero-order chi connectivity index (χ0) is 13.8. The fourth-order valence-electron chi connectivity index (χ4n) is 1.60. The van der Waals surface area contributed by atoms with Crippen molar-refractivity contribution in [2.45, 2.75) is 15.0 Å². The lowest BCUT2D eigenvalue weighted by molar-refractivity contribution is 0.590. The Labute approximate surface area is 130 Å². The van der Waals surface area contributed by atoms with Crippen molar-refractivity contribution in [2.75, 3.05) is 0 Å². The standard InChI is InChI=1S/C14H11Cl3OS/c15-11-6-8-12(9-7-11)19(18)14(17)13(16)10-4-2-1-3-5-10/h1-9,13-14H/t13-,14+,19?/m1/s1. The van der Waals surface area contributed by atoms with Gasteiger partial charge in [-0.15, -0.1) is 11.6 Å². The highest BCUT2D eigenvalue weighted by Crippen LogP contribution is 2.34. The van der Waals surface area contributed by atoms with Gasteiger partial charge in [0.25, 0.3) is 0 Å². The van der Waals surface area contributed by atoms with Crippen molar-refractivity contribution in [3.63, 3.8) is 0 Å². The molecule has 0 aliphatic rings. The van der Waals surface area contributed by atoms with Crippen molar-refractivity contribution in [1.29, 1.82) is 0 Å². The Balaban J connectivity index is 2.15. The Morgan fingerprint density at radius 1 is 0.895 bits per heavy atom. The van der Waals surface area contributed by atoms with Gasteiger partial charge in [0.15, 0.2) is 4.90 Å². The highest BCUT2D eigenvalue weighted by Gasteiger charge is 2.31. The summed E-state index contributed by atoms with van der Waals surface area (Å²) in [5, 5.41) is 0.0803. The molecule has 0 fully saturated rings. The Hall–Kier alpha value is -0.380. The van der Waals surface area contributed by atoms with E-state index in [1.54, 1.807) is 24.3 Å². The Bertz CT molecular complexity index is 518. The van der Waals surface area contributed by atoms with Crippen LogP contribution in [0.4, 0.5) is 0 Å². The van der Waals surface area contributed by atoms with E-state index in [4.69, 9.17) is 34.8 Å². The highest BCUT2D eigenvalue weighted by molar-refractivity contribution is 7.93. The first-order valence-corrected chi connectivity index (χ1v) is 8.05. The van der Waals surface area contributed by atoms with E-state index in [9.17, 15) is 4.55 Å². The van der Waals surface area contributed by atoms with Crippen LogP contribution in [0.2, 0.25) is 5.02 Å². The molecular formula is C14H11Cl3OS. The minimum atomic E-state index is -1.39. The lowest BCUT2D eigenvalue weighted by Crippen LogP contribution is -2.20. The first-order valence-electron chi connectivity index (χ1n) is 5.59. The van der Waals surface area contributed by atoms with Gasteiger partial charge in [-0.05, 0) is 29.8 Å². The number of rotatable bonds is 4. The van der Waals surface area contributed by atoms with Crippen LogP contribution in [0, 0.1) is 0 Å². The molecule has 0 aliphatic heterocycles. The topological polar surface area (TPSA) is 23.1 Å². The summed E-state index contributed by atoms with van der Waals surface area (Å²) >= 11 is 16.9. The molecular weight excluding hydrogens is 323 g/mol. The zero-order valence-electron chi connectivity index (χ0n) is 9.80. The Morgan fingerprint density at radius 3 is 2.05 bits per heavy atom. The van der Waals surface area contributed by atoms with Crippen LogP contribution in [-0.4, -0.2) is 9.26 Å². The molecule has 1 unspecified atom stereocenters. The van der Waals surface area contributed by atoms with Crippen LogP contribution >= 0.6 is 34.8 Å². The average Bonchev–Trinajstić information content (AvgIpc) is 2.46. The first-order chi connectivity index (χ1) is 9.09. The summed E-state index contributed by atoms with van der Waals surface area (Å²) in [6.07, 6.45) is 0. The van der Waals surface area contributed by atoms with Crippen LogP contribution < -0.4 is 0 Å². The van der Waals surface area contributed by atoms with Crippen molar-refractivity contribution in [1.82, 2.24) is 0 Å². The van der Waals surface area contributed by atoms with Gasteiger partial charge < -0.3 is 4.55 Å². The van der Waals surface area contributed by atoms with Crippen molar-refractivity contribution in [2.24, 2.45) is 0 Å². The number of hydrogen-bond donors (Lipinski definition) is 0. The molecule has 2 rings (SSSR count). The van der Waals surface area contributed by atoms with E-state index in [2.05, 4.69) is 0 Å². The summed E-state index contributed by atoms with van der Waals surface area (Å²) in [5.41, 5.74) is 0.853. The van der Waals surface area contributed by atoms with Gasteiger partial charge in [-0.3, -0.25) is 0 Å². The third-order valence-corrected chi connectivity index (χ3v) is 5.79. The van der Waals surface area contributed by atoms with Gasteiger partial charge in [0.05, 0.1) is 0 Å². The Morgan fingerprint density at radius 2 is 1.47 bits per heavy atom. The lowest BCUT2D eigenvalue weighted by atomic mass is 10.2. The van der Waals surface area contributed by atoms with E-state index < -0.39 is 21.3 Å².